The summed E-state index contributed by atoms with van der Waals surface area (Å²) >= 11 is 1.54. The van der Waals surface area contributed by atoms with Crippen molar-refractivity contribution in [2.24, 2.45) is 0 Å². The number of thiophene rings is 1. The number of carbonyl (C=O) groups is 1. The van der Waals surface area contributed by atoms with E-state index in [9.17, 15) is 14.4 Å². The Labute approximate surface area is 156 Å². The van der Waals surface area contributed by atoms with E-state index in [1.165, 1.54) is 17.0 Å². The molecule has 134 valence electrons. The molecule has 0 bridgehead atoms. The molecule has 1 aromatic heterocycles. The van der Waals surface area contributed by atoms with E-state index in [1.54, 1.807) is 23.5 Å². The molecule has 0 radical (unpaired) electrons. The number of nitriles is 1. The van der Waals surface area contributed by atoms with Crippen LogP contribution in [0.15, 0.2) is 24.3 Å². The number of hydrogen-bond acceptors (Lipinski definition) is 4. The Balaban J connectivity index is 1.43. The molecule has 2 aliphatic carbocycles. The fourth-order valence-electron chi connectivity index (χ4n) is 3.54. The van der Waals surface area contributed by atoms with Gasteiger partial charge in [0.25, 0.3) is 0 Å². The lowest BCUT2D eigenvalue weighted by atomic mass is 10.1. The van der Waals surface area contributed by atoms with Crippen molar-refractivity contribution < 1.29 is 9.18 Å². The van der Waals surface area contributed by atoms with Crippen LogP contribution in [0, 0.1) is 17.1 Å². The molecule has 0 saturated heterocycles. The summed E-state index contributed by atoms with van der Waals surface area (Å²) in [5.41, 5.74) is 2.77. The minimum absolute atomic E-state index is 0.0876. The first kappa shape index (κ1) is 17.2. The van der Waals surface area contributed by atoms with Crippen LogP contribution >= 0.6 is 11.3 Å². The van der Waals surface area contributed by atoms with Gasteiger partial charge in [-0.15, -0.1) is 11.3 Å². The van der Waals surface area contributed by atoms with Crippen LogP contribution in [0.1, 0.15) is 40.8 Å². The Morgan fingerprint density at radius 2 is 2.08 bits per heavy atom. The molecule has 1 fully saturated rings. The summed E-state index contributed by atoms with van der Waals surface area (Å²) in [7, 11) is 0. The second-order valence-electron chi connectivity index (χ2n) is 6.98. The van der Waals surface area contributed by atoms with Gasteiger partial charge in [0.2, 0.25) is 5.91 Å². The van der Waals surface area contributed by atoms with E-state index in [2.05, 4.69) is 16.3 Å². The highest BCUT2D eigenvalue weighted by Gasteiger charge is 2.31. The molecule has 1 heterocycles. The number of aryl methyl sites for hydroxylation is 1. The highest BCUT2D eigenvalue weighted by atomic mass is 32.1. The first-order chi connectivity index (χ1) is 12.6. The van der Waals surface area contributed by atoms with Gasteiger partial charge in [-0.25, -0.2) is 4.39 Å². The lowest BCUT2D eigenvalue weighted by molar-refractivity contribution is -0.117. The van der Waals surface area contributed by atoms with Gasteiger partial charge in [-0.1, -0.05) is 12.1 Å². The van der Waals surface area contributed by atoms with Crippen molar-refractivity contribution in [3.05, 3.63) is 51.7 Å². The molecule has 1 N–H and O–H groups in total. The van der Waals surface area contributed by atoms with E-state index in [0.717, 1.165) is 43.2 Å². The summed E-state index contributed by atoms with van der Waals surface area (Å²) in [4.78, 5) is 16.0. The van der Waals surface area contributed by atoms with Crippen LogP contribution in [0.25, 0.3) is 0 Å². The minimum Gasteiger partial charge on any atom is -0.315 e. The molecule has 6 heteroatoms. The third kappa shape index (κ3) is 3.64. The molecular weight excluding hydrogens is 349 g/mol. The average molecular weight is 369 g/mol. The number of nitrogens with zero attached hydrogens (tertiary/aromatic N) is 2. The molecule has 1 aromatic carbocycles. The van der Waals surface area contributed by atoms with Gasteiger partial charge >= 0.3 is 0 Å². The van der Waals surface area contributed by atoms with Crippen molar-refractivity contribution in [1.29, 1.82) is 5.26 Å². The molecule has 0 atom stereocenters. The van der Waals surface area contributed by atoms with Gasteiger partial charge in [0, 0.05) is 17.5 Å². The van der Waals surface area contributed by atoms with E-state index >= 15 is 0 Å². The van der Waals surface area contributed by atoms with Crippen LogP contribution in [0.2, 0.25) is 0 Å². The van der Waals surface area contributed by atoms with E-state index < -0.39 is 0 Å². The summed E-state index contributed by atoms with van der Waals surface area (Å²) in [6, 6.07) is 9.10. The highest BCUT2D eigenvalue weighted by Crippen LogP contribution is 2.38. The molecule has 4 rings (SSSR count). The Morgan fingerprint density at radius 3 is 2.77 bits per heavy atom. The Morgan fingerprint density at radius 1 is 1.31 bits per heavy atom. The lowest BCUT2D eigenvalue weighted by Gasteiger charge is -2.21. The van der Waals surface area contributed by atoms with E-state index in [1.807, 2.05) is 0 Å². The van der Waals surface area contributed by atoms with Crippen molar-refractivity contribution in [3.63, 3.8) is 0 Å². The van der Waals surface area contributed by atoms with Crippen LogP contribution in [-0.2, 0) is 24.2 Å². The topological polar surface area (TPSA) is 56.1 Å². The molecule has 1 amide bonds. The third-order valence-corrected chi connectivity index (χ3v) is 6.20. The number of anilines is 1. The fourth-order valence-corrected chi connectivity index (χ4v) is 4.80. The van der Waals surface area contributed by atoms with Gasteiger partial charge in [-0.05, 0) is 55.4 Å². The van der Waals surface area contributed by atoms with Gasteiger partial charge < -0.3 is 5.32 Å². The molecule has 2 aliphatic rings. The maximum Gasteiger partial charge on any atom is 0.239 e. The Kier molecular flexibility index (Phi) is 4.75. The van der Waals surface area contributed by atoms with Crippen LogP contribution in [-0.4, -0.2) is 23.4 Å². The number of halogens is 1. The summed E-state index contributed by atoms with van der Waals surface area (Å²) in [6.07, 6.45) is 5.21. The molecular formula is C20H20FN3OS. The molecule has 2 aromatic rings. The zero-order chi connectivity index (χ0) is 18.1. The maximum absolute atomic E-state index is 13.1. The third-order valence-electron chi connectivity index (χ3n) is 4.99. The smallest absolute Gasteiger partial charge is 0.239 e. The number of amides is 1. The van der Waals surface area contributed by atoms with Crippen molar-refractivity contribution >= 4 is 22.2 Å². The number of benzene rings is 1. The standard InChI is InChI=1S/C20H20FN3OS/c21-14-6-4-13(5-7-14)11-24(15-8-9-15)12-19(25)23-20-17(10-22)16-2-1-3-18(16)26-20/h4-7,15H,1-3,8-9,11-12H2,(H,23,25). The van der Waals surface area contributed by atoms with Crippen LogP contribution in [0.3, 0.4) is 0 Å². The van der Waals surface area contributed by atoms with E-state index in [-0.39, 0.29) is 18.3 Å². The summed E-state index contributed by atoms with van der Waals surface area (Å²) < 4.78 is 13.1. The van der Waals surface area contributed by atoms with Crippen LogP contribution in [0.5, 0.6) is 0 Å². The number of carbonyl (C=O) groups excluding carboxylic acids is 1. The zero-order valence-corrected chi connectivity index (χ0v) is 15.2. The average Bonchev–Trinajstić information content (AvgIpc) is 3.29. The van der Waals surface area contributed by atoms with Crippen molar-refractivity contribution in [1.82, 2.24) is 4.90 Å². The molecule has 0 unspecified atom stereocenters. The number of rotatable bonds is 6. The molecule has 26 heavy (non-hydrogen) atoms. The first-order valence-electron chi connectivity index (χ1n) is 8.97. The van der Waals surface area contributed by atoms with Crippen molar-refractivity contribution in [3.8, 4) is 6.07 Å². The number of fused-ring (bicyclic) bond motifs is 1. The summed E-state index contributed by atoms with van der Waals surface area (Å²) in [6.45, 7) is 0.917. The van der Waals surface area contributed by atoms with E-state index in [4.69, 9.17) is 0 Å². The largest absolute Gasteiger partial charge is 0.315 e. The number of hydrogen-bond donors (Lipinski definition) is 1. The van der Waals surface area contributed by atoms with Gasteiger partial charge in [0.05, 0.1) is 12.1 Å². The fraction of sp³-hybridized carbons (Fsp3) is 0.400. The summed E-state index contributed by atoms with van der Waals surface area (Å²) in [5.74, 6) is -0.338. The highest BCUT2D eigenvalue weighted by molar-refractivity contribution is 7.16. The second-order valence-corrected chi connectivity index (χ2v) is 8.09. The lowest BCUT2D eigenvalue weighted by Crippen LogP contribution is -2.34. The minimum atomic E-state index is -0.251. The van der Waals surface area contributed by atoms with Gasteiger partial charge in [0.15, 0.2) is 0 Å². The SMILES string of the molecule is N#Cc1c(NC(=O)CN(Cc2ccc(F)cc2)C2CC2)sc2c1CCC2. The molecule has 1 saturated carbocycles. The molecule has 0 spiro atoms. The van der Waals surface area contributed by atoms with Gasteiger partial charge in [0.1, 0.15) is 16.9 Å². The monoisotopic (exact) mass is 369 g/mol. The van der Waals surface area contributed by atoms with Crippen molar-refractivity contribution in [2.45, 2.75) is 44.7 Å². The van der Waals surface area contributed by atoms with Gasteiger partial charge in [-0.2, -0.15) is 5.26 Å². The zero-order valence-electron chi connectivity index (χ0n) is 14.4. The maximum atomic E-state index is 13.1. The summed E-state index contributed by atoms with van der Waals surface area (Å²) in [5, 5.41) is 13.1. The quantitative estimate of drug-likeness (QED) is 0.841. The predicted octanol–water partition coefficient (Wildman–Crippen LogP) is 3.85. The van der Waals surface area contributed by atoms with Crippen molar-refractivity contribution in [2.75, 3.05) is 11.9 Å². The van der Waals surface area contributed by atoms with Crippen LogP contribution < -0.4 is 5.32 Å². The first-order valence-corrected chi connectivity index (χ1v) is 9.78. The number of nitrogens with one attached hydrogen (secondary N) is 1. The van der Waals surface area contributed by atoms with E-state index in [0.29, 0.717) is 23.2 Å². The normalized spacial score (nSPS) is 15.7. The predicted molar refractivity (Wildman–Crippen MR) is 99.5 cm³/mol. The Hall–Kier alpha value is -2.23. The van der Waals surface area contributed by atoms with Crippen LogP contribution in [0.4, 0.5) is 9.39 Å². The van der Waals surface area contributed by atoms with Gasteiger partial charge in [-0.3, -0.25) is 9.69 Å². The molecule has 0 aliphatic heterocycles. The second kappa shape index (κ2) is 7.18. The Bertz CT molecular complexity index is 864. The molecule has 4 nitrogen and oxygen atoms in total.